The van der Waals surface area contributed by atoms with Crippen LogP contribution in [0.15, 0.2) is 30.3 Å². The standard InChI is InChI=1S/C14H15NO2/c1-11(16)8-14(10-15,9-12(2)17)13-6-4-3-5-7-13/h3-7H,8-9H2,1-2H3. The zero-order valence-corrected chi connectivity index (χ0v) is 10.1. The second-order valence-electron chi connectivity index (χ2n) is 4.32. The lowest BCUT2D eigenvalue weighted by atomic mass is 9.74. The molecule has 0 radical (unpaired) electrons. The molecule has 0 saturated carbocycles. The molecule has 0 amide bonds. The summed E-state index contributed by atoms with van der Waals surface area (Å²) in [5.74, 6) is -0.173. The van der Waals surface area contributed by atoms with Crippen molar-refractivity contribution in [2.45, 2.75) is 32.1 Å². The first-order valence-corrected chi connectivity index (χ1v) is 5.46. The molecule has 0 aromatic heterocycles. The molecule has 0 bridgehead atoms. The van der Waals surface area contributed by atoms with Gasteiger partial charge in [0.1, 0.15) is 11.6 Å². The van der Waals surface area contributed by atoms with E-state index in [4.69, 9.17) is 0 Å². The van der Waals surface area contributed by atoms with Crippen molar-refractivity contribution in [3.05, 3.63) is 35.9 Å². The van der Waals surface area contributed by atoms with Crippen LogP contribution < -0.4 is 0 Å². The summed E-state index contributed by atoms with van der Waals surface area (Å²) in [6.07, 6.45) is 0.153. The molecule has 3 heteroatoms. The van der Waals surface area contributed by atoms with Crippen LogP contribution in [0.3, 0.4) is 0 Å². The molecule has 0 aliphatic rings. The van der Waals surface area contributed by atoms with Crippen LogP contribution in [0.1, 0.15) is 32.3 Å². The van der Waals surface area contributed by atoms with E-state index in [1.54, 1.807) is 12.1 Å². The first kappa shape index (κ1) is 13.1. The van der Waals surface area contributed by atoms with E-state index < -0.39 is 5.41 Å². The number of hydrogen-bond donors (Lipinski definition) is 0. The lowest BCUT2D eigenvalue weighted by molar-refractivity contribution is -0.119. The van der Waals surface area contributed by atoms with Crippen LogP contribution in [-0.4, -0.2) is 11.6 Å². The quantitative estimate of drug-likeness (QED) is 0.779. The lowest BCUT2D eigenvalue weighted by Crippen LogP contribution is -2.29. The monoisotopic (exact) mass is 229 g/mol. The maximum Gasteiger partial charge on any atom is 0.131 e. The van der Waals surface area contributed by atoms with Crippen LogP contribution in [0.25, 0.3) is 0 Å². The number of rotatable bonds is 5. The second-order valence-corrected chi connectivity index (χ2v) is 4.32. The SMILES string of the molecule is CC(=O)CC(C#N)(CC(C)=O)c1ccccc1. The van der Waals surface area contributed by atoms with E-state index in [9.17, 15) is 14.9 Å². The first-order valence-electron chi connectivity index (χ1n) is 5.46. The lowest BCUT2D eigenvalue weighted by Gasteiger charge is -2.24. The van der Waals surface area contributed by atoms with Gasteiger partial charge in [0.2, 0.25) is 0 Å². The van der Waals surface area contributed by atoms with Gasteiger partial charge >= 0.3 is 0 Å². The Balaban J connectivity index is 3.21. The number of ketones is 2. The van der Waals surface area contributed by atoms with Crippen LogP contribution in [-0.2, 0) is 15.0 Å². The van der Waals surface area contributed by atoms with Crippen molar-refractivity contribution in [1.82, 2.24) is 0 Å². The van der Waals surface area contributed by atoms with Crippen molar-refractivity contribution >= 4 is 11.6 Å². The second kappa shape index (κ2) is 5.40. The largest absolute Gasteiger partial charge is 0.300 e. The van der Waals surface area contributed by atoms with Gasteiger partial charge in [-0.05, 0) is 19.4 Å². The van der Waals surface area contributed by atoms with Gasteiger partial charge in [-0.15, -0.1) is 0 Å². The van der Waals surface area contributed by atoms with Crippen LogP contribution >= 0.6 is 0 Å². The van der Waals surface area contributed by atoms with Crippen LogP contribution in [0.2, 0.25) is 0 Å². The van der Waals surface area contributed by atoms with Crippen LogP contribution in [0.4, 0.5) is 0 Å². The minimum atomic E-state index is -1.01. The molecule has 17 heavy (non-hydrogen) atoms. The molecule has 0 heterocycles. The summed E-state index contributed by atoms with van der Waals surface area (Å²) in [7, 11) is 0. The van der Waals surface area contributed by atoms with Gasteiger partial charge in [-0.2, -0.15) is 5.26 Å². The van der Waals surface area contributed by atoms with E-state index in [-0.39, 0.29) is 24.4 Å². The number of hydrogen-bond acceptors (Lipinski definition) is 3. The van der Waals surface area contributed by atoms with Gasteiger partial charge in [0.05, 0.1) is 11.5 Å². The van der Waals surface area contributed by atoms with Gasteiger partial charge in [-0.1, -0.05) is 30.3 Å². The summed E-state index contributed by atoms with van der Waals surface area (Å²) in [5.41, 5.74) is -0.285. The molecule has 3 nitrogen and oxygen atoms in total. The van der Waals surface area contributed by atoms with E-state index in [1.807, 2.05) is 18.2 Å². The average molecular weight is 229 g/mol. The summed E-state index contributed by atoms with van der Waals surface area (Å²) >= 11 is 0. The van der Waals surface area contributed by atoms with Gasteiger partial charge in [0.25, 0.3) is 0 Å². The average Bonchev–Trinajstić information content (AvgIpc) is 2.28. The van der Waals surface area contributed by atoms with Crippen molar-refractivity contribution in [3.8, 4) is 6.07 Å². The number of benzene rings is 1. The van der Waals surface area contributed by atoms with Crippen LogP contribution in [0.5, 0.6) is 0 Å². The molecule has 0 unspecified atom stereocenters. The Morgan fingerprint density at radius 2 is 1.59 bits per heavy atom. The van der Waals surface area contributed by atoms with Crippen LogP contribution in [0, 0.1) is 11.3 Å². The van der Waals surface area contributed by atoms with Gasteiger partial charge in [-0.25, -0.2) is 0 Å². The highest BCUT2D eigenvalue weighted by Gasteiger charge is 2.35. The van der Waals surface area contributed by atoms with E-state index in [0.29, 0.717) is 0 Å². The Hall–Kier alpha value is -1.95. The zero-order valence-electron chi connectivity index (χ0n) is 10.1. The molecule has 0 aliphatic heterocycles. The third-order valence-corrected chi connectivity index (χ3v) is 2.64. The molecular formula is C14H15NO2. The van der Waals surface area contributed by atoms with E-state index in [1.165, 1.54) is 13.8 Å². The van der Waals surface area contributed by atoms with E-state index in [2.05, 4.69) is 6.07 Å². The number of carbonyl (C=O) groups excluding carboxylic acids is 2. The highest BCUT2D eigenvalue weighted by Crippen LogP contribution is 2.31. The molecule has 1 aromatic carbocycles. The third-order valence-electron chi connectivity index (χ3n) is 2.64. The van der Waals surface area contributed by atoms with Gasteiger partial charge in [0, 0.05) is 12.8 Å². The summed E-state index contributed by atoms with van der Waals surface area (Å²) < 4.78 is 0. The molecule has 0 fully saturated rings. The Morgan fingerprint density at radius 3 is 1.94 bits per heavy atom. The predicted octanol–water partition coefficient (Wildman–Crippen LogP) is 2.41. The van der Waals surface area contributed by atoms with E-state index in [0.717, 1.165) is 5.56 Å². The molecule has 0 atom stereocenters. The minimum Gasteiger partial charge on any atom is -0.300 e. The summed E-state index contributed by atoms with van der Waals surface area (Å²) in [4.78, 5) is 22.6. The van der Waals surface area contributed by atoms with Crippen molar-refractivity contribution in [2.75, 3.05) is 0 Å². The highest BCUT2D eigenvalue weighted by molar-refractivity contribution is 5.82. The number of nitrogens with zero attached hydrogens (tertiary/aromatic N) is 1. The fraction of sp³-hybridized carbons (Fsp3) is 0.357. The normalized spacial score (nSPS) is 10.6. The van der Waals surface area contributed by atoms with Gasteiger partial charge < -0.3 is 0 Å². The zero-order chi connectivity index (χ0) is 12.9. The molecular weight excluding hydrogens is 214 g/mol. The molecule has 1 aromatic rings. The molecule has 0 N–H and O–H groups in total. The van der Waals surface area contributed by atoms with Crippen molar-refractivity contribution < 1.29 is 9.59 Å². The van der Waals surface area contributed by atoms with Crippen molar-refractivity contribution in [3.63, 3.8) is 0 Å². The van der Waals surface area contributed by atoms with Gasteiger partial charge in [-0.3, -0.25) is 9.59 Å². The minimum absolute atomic E-state index is 0.0765. The fourth-order valence-corrected chi connectivity index (χ4v) is 2.02. The number of Topliss-reactive ketones (excluding diaryl/α,β-unsaturated/α-hetero) is 2. The summed E-state index contributed by atoms with van der Waals surface area (Å²) in [6.45, 7) is 2.88. The maximum atomic E-state index is 11.3. The van der Waals surface area contributed by atoms with E-state index >= 15 is 0 Å². The molecule has 88 valence electrons. The van der Waals surface area contributed by atoms with Crippen molar-refractivity contribution in [1.29, 1.82) is 5.26 Å². The molecule has 1 rings (SSSR count). The smallest absolute Gasteiger partial charge is 0.131 e. The Kier molecular flexibility index (Phi) is 4.17. The highest BCUT2D eigenvalue weighted by atomic mass is 16.1. The Labute approximate surface area is 101 Å². The summed E-state index contributed by atoms with van der Waals surface area (Å²) in [6, 6.07) is 11.2. The Bertz CT molecular complexity index is 441. The maximum absolute atomic E-state index is 11.3. The first-order chi connectivity index (χ1) is 8.00. The van der Waals surface area contributed by atoms with Gasteiger partial charge in [0.15, 0.2) is 0 Å². The van der Waals surface area contributed by atoms with Crippen molar-refractivity contribution in [2.24, 2.45) is 0 Å². The molecule has 0 aliphatic carbocycles. The summed E-state index contributed by atoms with van der Waals surface area (Å²) in [5, 5.41) is 9.37. The number of carbonyl (C=O) groups is 2. The third kappa shape index (κ3) is 3.25. The topological polar surface area (TPSA) is 57.9 Å². The fourth-order valence-electron chi connectivity index (χ4n) is 2.02. The molecule has 0 spiro atoms. The predicted molar refractivity (Wildman–Crippen MR) is 64.3 cm³/mol. The molecule has 0 saturated heterocycles. The number of nitriles is 1. The Morgan fingerprint density at radius 1 is 1.12 bits per heavy atom.